The van der Waals surface area contributed by atoms with Crippen LogP contribution in [0.1, 0.15) is 46.6 Å². The Balaban J connectivity index is 0.00000289. The summed E-state index contributed by atoms with van der Waals surface area (Å²) in [7, 11) is 0. The molecule has 0 bridgehead atoms. The average Bonchev–Trinajstić information content (AvgIpc) is 3.23. The Morgan fingerprint density at radius 2 is 1.84 bits per heavy atom. The number of halogens is 3. The molecule has 0 atom stereocenters. The van der Waals surface area contributed by atoms with Crippen LogP contribution in [0.15, 0.2) is 54.6 Å². The second kappa shape index (κ2) is 10.6. The van der Waals surface area contributed by atoms with E-state index in [0.717, 1.165) is 17.6 Å². The summed E-state index contributed by atoms with van der Waals surface area (Å²) in [4.78, 5) is 15.4. The Morgan fingerprint density at radius 1 is 1.06 bits per heavy atom. The fourth-order valence-corrected chi connectivity index (χ4v) is 3.86. The zero-order valence-corrected chi connectivity index (χ0v) is 20.1. The van der Waals surface area contributed by atoms with E-state index in [9.17, 15) is 18.7 Å². The SMILES string of the molecule is O=C([O-])c1cccc(C2=C(c3cc(F)ccc3OCc3ccc(Cl)cc3F)CCC2)n1.[Na+]. The zero-order chi connectivity index (χ0) is 22.0. The monoisotopic (exact) mass is 463 g/mol. The maximum atomic E-state index is 14.1. The molecule has 3 aromatic rings. The van der Waals surface area contributed by atoms with Gasteiger partial charge in [-0.05, 0) is 72.9 Å². The smallest absolute Gasteiger partial charge is 0.543 e. The first-order valence-corrected chi connectivity index (χ1v) is 10.1. The molecule has 1 aliphatic carbocycles. The average molecular weight is 464 g/mol. The third-order valence-corrected chi connectivity index (χ3v) is 5.39. The molecule has 1 aliphatic rings. The summed E-state index contributed by atoms with van der Waals surface area (Å²) in [6, 6.07) is 13.2. The van der Waals surface area contributed by atoms with Gasteiger partial charge in [-0.15, -0.1) is 0 Å². The van der Waals surface area contributed by atoms with Gasteiger partial charge in [-0.1, -0.05) is 23.7 Å². The number of carbonyl (C=O) groups is 1. The first kappa shape index (κ1) is 24.4. The molecule has 1 aromatic heterocycles. The summed E-state index contributed by atoms with van der Waals surface area (Å²) >= 11 is 5.79. The van der Waals surface area contributed by atoms with Crippen LogP contribution in [0, 0.1) is 11.6 Å². The minimum absolute atomic E-state index is 0. The molecule has 0 saturated carbocycles. The van der Waals surface area contributed by atoms with Crippen LogP contribution in [-0.4, -0.2) is 11.0 Å². The summed E-state index contributed by atoms with van der Waals surface area (Å²) in [5, 5.41) is 11.5. The first-order valence-electron chi connectivity index (χ1n) is 9.70. The summed E-state index contributed by atoms with van der Waals surface area (Å²) < 4.78 is 34.1. The number of allylic oxidation sites excluding steroid dienone is 2. The number of hydrogen-bond donors (Lipinski definition) is 0. The van der Waals surface area contributed by atoms with Gasteiger partial charge in [-0.2, -0.15) is 0 Å². The van der Waals surface area contributed by atoms with Crippen molar-refractivity contribution in [2.75, 3.05) is 0 Å². The molecule has 2 aromatic carbocycles. The number of rotatable bonds is 6. The molecule has 32 heavy (non-hydrogen) atoms. The molecule has 158 valence electrons. The second-order valence-electron chi connectivity index (χ2n) is 7.17. The normalized spacial score (nSPS) is 13.1. The number of carboxylic acid groups (broad SMARTS) is 1. The zero-order valence-electron chi connectivity index (χ0n) is 17.3. The topological polar surface area (TPSA) is 62.2 Å². The van der Waals surface area contributed by atoms with Gasteiger partial charge >= 0.3 is 29.6 Å². The van der Waals surface area contributed by atoms with Crippen LogP contribution in [0.25, 0.3) is 11.1 Å². The van der Waals surface area contributed by atoms with Crippen molar-refractivity contribution in [3.8, 4) is 5.75 Å². The number of nitrogens with zero attached hydrogens (tertiary/aromatic N) is 1. The molecule has 4 nitrogen and oxygen atoms in total. The Morgan fingerprint density at radius 3 is 2.59 bits per heavy atom. The number of carboxylic acids is 1. The van der Waals surface area contributed by atoms with Gasteiger partial charge in [0.15, 0.2) is 0 Å². The molecule has 0 aliphatic heterocycles. The van der Waals surface area contributed by atoms with Gasteiger partial charge in [0.2, 0.25) is 0 Å². The van der Waals surface area contributed by atoms with E-state index in [1.807, 2.05) is 0 Å². The number of carbonyl (C=O) groups excluding carboxylic acids is 1. The van der Waals surface area contributed by atoms with Crippen LogP contribution in [0.3, 0.4) is 0 Å². The van der Waals surface area contributed by atoms with Crippen molar-refractivity contribution >= 4 is 28.7 Å². The third-order valence-electron chi connectivity index (χ3n) is 5.15. The summed E-state index contributed by atoms with van der Waals surface area (Å²) in [5.74, 6) is -1.88. The molecule has 0 spiro atoms. The summed E-state index contributed by atoms with van der Waals surface area (Å²) in [6.07, 6.45) is 2.13. The second-order valence-corrected chi connectivity index (χ2v) is 7.61. The number of pyridine rings is 1. The van der Waals surface area contributed by atoms with Crippen LogP contribution >= 0.6 is 11.6 Å². The van der Waals surface area contributed by atoms with E-state index in [4.69, 9.17) is 16.3 Å². The molecular formula is C24H17ClF2NNaO3. The minimum atomic E-state index is -1.36. The van der Waals surface area contributed by atoms with Gasteiger partial charge in [0.05, 0.1) is 17.4 Å². The Hall–Kier alpha value is -2.25. The quantitative estimate of drug-likeness (QED) is 0.525. The van der Waals surface area contributed by atoms with Gasteiger partial charge in [-0.3, -0.25) is 0 Å². The summed E-state index contributed by atoms with van der Waals surface area (Å²) in [5.41, 5.74) is 2.87. The minimum Gasteiger partial charge on any atom is -0.543 e. The molecular weight excluding hydrogens is 447 g/mol. The van der Waals surface area contributed by atoms with Crippen LogP contribution in [0.5, 0.6) is 5.75 Å². The Kier molecular flexibility index (Phi) is 8.06. The van der Waals surface area contributed by atoms with Crippen molar-refractivity contribution in [1.82, 2.24) is 4.98 Å². The molecule has 0 fully saturated rings. The van der Waals surface area contributed by atoms with Crippen LogP contribution < -0.4 is 39.4 Å². The maximum absolute atomic E-state index is 14.1. The van der Waals surface area contributed by atoms with Crippen molar-refractivity contribution in [3.05, 3.63) is 93.8 Å². The van der Waals surface area contributed by atoms with E-state index in [1.54, 1.807) is 18.2 Å². The van der Waals surface area contributed by atoms with Gasteiger partial charge < -0.3 is 14.6 Å². The predicted molar refractivity (Wildman–Crippen MR) is 111 cm³/mol. The molecule has 8 heteroatoms. The van der Waals surface area contributed by atoms with Gasteiger partial charge in [0.25, 0.3) is 0 Å². The van der Waals surface area contributed by atoms with Gasteiger partial charge in [0.1, 0.15) is 24.0 Å². The van der Waals surface area contributed by atoms with Crippen molar-refractivity contribution in [2.24, 2.45) is 0 Å². The van der Waals surface area contributed by atoms with Crippen molar-refractivity contribution < 1.29 is 53.0 Å². The fourth-order valence-electron chi connectivity index (χ4n) is 3.70. The molecule has 4 rings (SSSR count). The largest absolute Gasteiger partial charge is 1.00 e. The number of benzene rings is 2. The predicted octanol–water partition coefficient (Wildman–Crippen LogP) is 2.05. The fraction of sp³-hybridized carbons (Fsp3) is 0.167. The van der Waals surface area contributed by atoms with Crippen molar-refractivity contribution in [2.45, 2.75) is 25.9 Å². The van der Waals surface area contributed by atoms with Crippen molar-refractivity contribution in [3.63, 3.8) is 0 Å². The van der Waals surface area contributed by atoms with E-state index in [-0.39, 0.29) is 46.9 Å². The molecule has 0 amide bonds. The van der Waals surface area contributed by atoms with E-state index < -0.39 is 17.6 Å². The van der Waals surface area contributed by atoms with E-state index in [1.165, 1.54) is 36.4 Å². The van der Waals surface area contributed by atoms with Crippen LogP contribution in [0.2, 0.25) is 5.02 Å². The Bertz CT molecular complexity index is 1200. The molecule has 1 heterocycles. The number of aromatic nitrogens is 1. The van der Waals surface area contributed by atoms with Gasteiger partial charge in [0, 0.05) is 16.1 Å². The van der Waals surface area contributed by atoms with E-state index >= 15 is 0 Å². The van der Waals surface area contributed by atoms with E-state index in [2.05, 4.69) is 4.98 Å². The molecule has 0 unspecified atom stereocenters. The standard InChI is InChI=1S/C24H18ClF2NO3.Na/c25-15-8-7-14(20(27)11-15)13-31-23-10-9-16(26)12-19(23)17-3-1-4-18(17)21-5-2-6-22(28-21)24(29)30;/h2,5-12H,1,3-4,13H2,(H,29,30);/q;+1/p-1. The number of aromatic carboxylic acids is 1. The Labute approximate surface area is 211 Å². The van der Waals surface area contributed by atoms with Crippen LogP contribution in [0.4, 0.5) is 8.78 Å². The number of ether oxygens (including phenoxy) is 1. The molecule has 0 N–H and O–H groups in total. The maximum Gasteiger partial charge on any atom is 1.00 e. The van der Waals surface area contributed by atoms with Crippen molar-refractivity contribution in [1.29, 1.82) is 0 Å². The molecule has 0 radical (unpaired) electrons. The summed E-state index contributed by atoms with van der Waals surface area (Å²) in [6.45, 7) is -0.0529. The van der Waals surface area contributed by atoms with E-state index in [0.29, 0.717) is 35.4 Å². The number of hydrogen-bond acceptors (Lipinski definition) is 4. The van der Waals surface area contributed by atoms with Gasteiger partial charge in [-0.25, -0.2) is 13.8 Å². The third kappa shape index (κ3) is 5.38. The first-order chi connectivity index (χ1) is 14.9. The molecule has 0 saturated heterocycles. The van der Waals surface area contributed by atoms with Crippen LogP contribution in [-0.2, 0) is 6.61 Å².